The van der Waals surface area contributed by atoms with Gasteiger partial charge in [0.25, 0.3) is 11.8 Å². The van der Waals surface area contributed by atoms with Crippen LogP contribution in [0.4, 0.5) is 0 Å². The minimum Gasteiger partial charge on any atom is -0.497 e. The van der Waals surface area contributed by atoms with Crippen LogP contribution in [-0.2, 0) is 14.3 Å². The Morgan fingerprint density at radius 3 is 2.84 bits per heavy atom. The van der Waals surface area contributed by atoms with Gasteiger partial charge in [-0.2, -0.15) is 0 Å². The van der Waals surface area contributed by atoms with E-state index in [2.05, 4.69) is 12.2 Å². The Bertz CT molecular complexity index is 632. The summed E-state index contributed by atoms with van der Waals surface area (Å²) in [6.45, 7) is 2.91. The van der Waals surface area contributed by atoms with Gasteiger partial charge >= 0.3 is 5.97 Å². The number of piperidine rings is 1. The minimum atomic E-state index is -0.644. The van der Waals surface area contributed by atoms with E-state index in [0.29, 0.717) is 30.3 Å². The fourth-order valence-corrected chi connectivity index (χ4v) is 2.72. The average Bonchev–Trinajstić information content (AvgIpc) is 2.64. The average molecular weight is 348 g/mol. The second-order valence-corrected chi connectivity index (χ2v) is 6.16. The maximum Gasteiger partial charge on any atom is 0.325 e. The molecule has 1 aliphatic rings. The number of esters is 1. The number of nitrogens with zero attached hydrogens (tertiary/aromatic N) is 1. The van der Waals surface area contributed by atoms with E-state index in [9.17, 15) is 14.4 Å². The number of rotatable bonds is 6. The summed E-state index contributed by atoms with van der Waals surface area (Å²) in [5.41, 5.74) is 0.380. The van der Waals surface area contributed by atoms with Crippen LogP contribution in [0, 0.1) is 5.92 Å². The molecule has 0 aliphatic carbocycles. The molecule has 0 aromatic heterocycles. The third-order valence-corrected chi connectivity index (χ3v) is 4.09. The van der Waals surface area contributed by atoms with E-state index < -0.39 is 11.9 Å². The quantitative estimate of drug-likeness (QED) is 0.782. The van der Waals surface area contributed by atoms with Gasteiger partial charge in [0.05, 0.1) is 7.11 Å². The standard InChI is InChI=1S/C18H24N2O5/c1-13-5-4-8-20(11-13)16(21)12-25-17(22)10-19-18(23)14-6-3-7-15(9-14)24-2/h3,6-7,9,13H,4-5,8,10-12H2,1-2H3,(H,19,23)/t13-/m0/s1. The van der Waals surface area contributed by atoms with Crippen molar-refractivity contribution in [2.75, 3.05) is 33.4 Å². The van der Waals surface area contributed by atoms with Gasteiger partial charge in [-0.1, -0.05) is 13.0 Å². The van der Waals surface area contributed by atoms with Gasteiger partial charge in [-0.05, 0) is 37.0 Å². The van der Waals surface area contributed by atoms with E-state index in [0.717, 1.165) is 12.8 Å². The molecule has 25 heavy (non-hydrogen) atoms. The molecule has 1 aliphatic heterocycles. The van der Waals surface area contributed by atoms with Crippen LogP contribution in [0.2, 0.25) is 0 Å². The summed E-state index contributed by atoms with van der Waals surface area (Å²) in [6.07, 6.45) is 2.08. The van der Waals surface area contributed by atoms with Crippen molar-refractivity contribution in [3.8, 4) is 5.75 Å². The highest BCUT2D eigenvalue weighted by Crippen LogP contribution is 2.15. The number of ether oxygens (including phenoxy) is 2. The van der Waals surface area contributed by atoms with Crippen LogP contribution < -0.4 is 10.1 Å². The van der Waals surface area contributed by atoms with Crippen molar-refractivity contribution in [1.82, 2.24) is 10.2 Å². The number of carbonyl (C=O) groups is 3. The third kappa shape index (κ3) is 5.77. The third-order valence-electron chi connectivity index (χ3n) is 4.09. The molecule has 136 valence electrons. The molecule has 0 bridgehead atoms. The van der Waals surface area contributed by atoms with Crippen LogP contribution >= 0.6 is 0 Å². The van der Waals surface area contributed by atoms with Crippen LogP contribution in [0.3, 0.4) is 0 Å². The fourth-order valence-electron chi connectivity index (χ4n) is 2.72. The van der Waals surface area contributed by atoms with E-state index in [1.54, 1.807) is 29.2 Å². The van der Waals surface area contributed by atoms with Gasteiger partial charge in [0.15, 0.2) is 6.61 Å². The number of amides is 2. The Morgan fingerprint density at radius 2 is 2.12 bits per heavy atom. The van der Waals surface area contributed by atoms with E-state index in [1.165, 1.54) is 7.11 Å². The van der Waals surface area contributed by atoms with Crippen molar-refractivity contribution in [3.05, 3.63) is 29.8 Å². The molecular formula is C18H24N2O5. The summed E-state index contributed by atoms with van der Waals surface area (Å²) in [5, 5.41) is 2.47. The highest BCUT2D eigenvalue weighted by molar-refractivity contribution is 5.96. The Balaban J connectivity index is 1.73. The second-order valence-electron chi connectivity index (χ2n) is 6.16. The zero-order chi connectivity index (χ0) is 18.2. The van der Waals surface area contributed by atoms with E-state index in [4.69, 9.17) is 9.47 Å². The summed E-state index contributed by atoms with van der Waals surface area (Å²) in [5.74, 6) is -0.229. The molecule has 0 radical (unpaired) electrons. The first-order valence-corrected chi connectivity index (χ1v) is 8.35. The van der Waals surface area contributed by atoms with Gasteiger partial charge in [-0.15, -0.1) is 0 Å². The highest BCUT2D eigenvalue weighted by Gasteiger charge is 2.21. The molecule has 1 heterocycles. The fraction of sp³-hybridized carbons (Fsp3) is 0.500. The summed E-state index contributed by atoms with van der Waals surface area (Å²) >= 11 is 0. The molecule has 7 nitrogen and oxygen atoms in total. The molecule has 1 N–H and O–H groups in total. The Kier molecular flexibility index (Phi) is 6.80. The van der Waals surface area contributed by atoms with Gasteiger partial charge in [-0.25, -0.2) is 0 Å². The van der Waals surface area contributed by atoms with E-state index in [1.807, 2.05) is 0 Å². The number of nitrogens with one attached hydrogen (secondary N) is 1. The van der Waals surface area contributed by atoms with Crippen LogP contribution in [-0.4, -0.2) is 56.0 Å². The zero-order valence-electron chi connectivity index (χ0n) is 14.6. The summed E-state index contributed by atoms with van der Waals surface area (Å²) in [7, 11) is 1.51. The number of hydrogen-bond acceptors (Lipinski definition) is 5. The maximum atomic E-state index is 12.0. The lowest BCUT2D eigenvalue weighted by Crippen LogP contribution is -2.42. The monoisotopic (exact) mass is 348 g/mol. The van der Waals surface area contributed by atoms with Gasteiger partial charge < -0.3 is 19.7 Å². The molecule has 0 unspecified atom stereocenters. The molecule has 1 fully saturated rings. The normalized spacial score (nSPS) is 16.9. The lowest BCUT2D eigenvalue weighted by molar-refractivity contribution is -0.151. The molecule has 2 amide bonds. The van der Waals surface area contributed by atoms with E-state index in [-0.39, 0.29) is 19.1 Å². The number of benzene rings is 1. The molecule has 1 aromatic carbocycles. The summed E-state index contributed by atoms with van der Waals surface area (Å²) in [4.78, 5) is 37.5. The molecule has 1 atom stereocenters. The number of likely N-dealkylation sites (tertiary alicyclic amines) is 1. The van der Waals surface area contributed by atoms with Crippen molar-refractivity contribution in [2.45, 2.75) is 19.8 Å². The largest absolute Gasteiger partial charge is 0.497 e. The van der Waals surface area contributed by atoms with E-state index >= 15 is 0 Å². The minimum absolute atomic E-state index is 0.195. The van der Waals surface area contributed by atoms with Crippen molar-refractivity contribution >= 4 is 17.8 Å². The number of methoxy groups -OCH3 is 1. The zero-order valence-corrected chi connectivity index (χ0v) is 14.6. The second kappa shape index (κ2) is 9.05. The summed E-state index contributed by atoms with van der Waals surface area (Å²) < 4.78 is 10.0. The van der Waals surface area contributed by atoms with Crippen molar-refractivity contribution in [3.63, 3.8) is 0 Å². The van der Waals surface area contributed by atoms with Gasteiger partial charge in [0.1, 0.15) is 12.3 Å². The topological polar surface area (TPSA) is 84.9 Å². The molecule has 0 saturated carbocycles. The Morgan fingerprint density at radius 1 is 1.32 bits per heavy atom. The molecule has 1 aromatic rings. The van der Waals surface area contributed by atoms with Crippen molar-refractivity contribution < 1.29 is 23.9 Å². The van der Waals surface area contributed by atoms with Gasteiger partial charge in [0.2, 0.25) is 0 Å². The molecular weight excluding hydrogens is 324 g/mol. The molecule has 0 spiro atoms. The molecule has 2 rings (SSSR count). The Hall–Kier alpha value is -2.57. The van der Waals surface area contributed by atoms with Gasteiger partial charge in [-0.3, -0.25) is 14.4 Å². The Labute approximate surface area is 147 Å². The SMILES string of the molecule is COc1cccc(C(=O)NCC(=O)OCC(=O)N2CCC[C@H](C)C2)c1. The van der Waals surface area contributed by atoms with Gasteiger partial charge in [0, 0.05) is 18.7 Å². The predicted octanol–water partition coefficient (Wildman–Crippen LogP) is 1.23. The van der Waals surface area contributed by atoms with Crippen LogP contribution in [0.1, 0.15) is 30.1 Å². The first kappa shape index (κ1) is 18.8. The first-order chi connectivity index (χ1) is 12.0. The van der Waals surface area contributed by atoms with Crippen molar-refractivity contribution in [2.24, 2.45) is 5.92 Å². The summed E-state index contributed by atoms with van der Waals surface area (Å²) in [6, 6.07) is 6.59. The maximum absolute atomic E-state index is 12.0. The lowest BCUT2D eigenvalue weighted by Gasteiger charge is -2.30. The highest BCUT2D eigenvalue weighted by atomic mass is 16.5. The van der Waals surface area contributed by atoms with Crippen molar-refractivity contribution in [1.29, 1.82) is 0 Å². The molecule has 7 heteroatoms. The number of carbonyl (C=O) groups excluding carboxylic acids is 3. The van der Waals surface area contributed by atoms with Crippen LogP contribution in [0.25, 0.3) is 0 Å². The number of hydrogen-bond donors (Lipinski definition) is 1. The smallest absolute Gasteiger partial charge is 0.325 e. The van der Waals surface area contributed by atoms with Crippen LogP contribution in [0.5, 0.6) is 5.75 Å². The molecule has 1 saturated heterocycles. The lowest BCUT2D eigenvalue weighted by atomic mass is 10.0. The first-order valence-electron chi connectivity index (χ1n) is 8.35. The predicted molar refractivity (Wildman–Crippen MR) is 91.3 cm³/mol. The van der Waals surface area contributed by atoms with Crippen LogP contribution in [0.15, 0.2) is 24.3 Å².